The van der Waals surface area contributed by atoms with Crippen LogP contribution in [-0.4, -0.2) is 35.4 Å². The van der Waals surface area contributed by atoms with Crippen molar-refractivity contribution in [3.8, 4) is 0 Å². The lowest BCUT2D eigenvalue weighted by molar-refractivity contribution is 0.148. The molecule has 3 saturated carbocycles. The summed E-state index contributed by atoms with van der Waals surface area (Å²) >= 11 is 7.23. The van der Waals surface area contributed by atoms with Gasteiger partial charge in [-0.15, -0.1) is 0 Å². The fourth-order valence-corrected chi connectivity index (χ4v) is 5.40. The molecule has 2 aromatic rings. The number of hydrogen-bond donors (Lipinski definition) is 2. The molecule has 2 heterocycles. The van der Waals surface area contributed by atoms with Crippen molar-refractivity contribution in [1.29, 1.82) is 0 Å². The first-order chi connectivity index (χ1) is 16.8. The van der Waals surface area contributed by atoms with Gasteiger partial charge in [0.25, 0.3) is 0 Å². The van der Waals surface area contributed by atoms with Gasteiger partial charge < -0.3 is 10.4 Å². The molecular weight excluding hydrogens is 485 g/mol. The summed E-state index contributed by atoms with van der Waals surface area (Å²) in [5, 5.41) is 6.57. The molecule has 10 heteroatoms. The van der Waals surface area contributed by atoms with Gasteiger partial charge in [-0.1, -0.05) is 44.9 Å². The third-order valence-corrected chi connectivity index (χ3v) is 7.22. The molecule has 190 valence electrons. The smallest absolute Gasteiger partial charge is 0.170 e. The number of amidine groups is 1. The van der Waals surface area contributed by atoms with Crippen LogP contribution in [0.25, 0.3) is 11.3 Å². The molecule has 0 aromatic carbocycles. The predicted octanol–water partition coefficient (Wildman–Crippen LogP) is 6.65. The molecule has 35 heavy (non-hydrogen) atoms. The second kappa shape index (κ2) is 12.4. The van der Waals surface area contributed by atoms with Crippen molar-refractivity contribution in [2.24, 2.45) is 23.9 Å². The van der Waals surface area contributed by atoms with Crippen LogP contribution in [0.1, 0.15) is 69.8 Å². The van der Waals surface area contributed by atoms with E-state index in [0.29, 0.717) is 45.2 Å². The SMILES string of the molecule is C=C(NC(=NC1CC2CCC1CC2)/C(F)=C(\C)c1cnsn1)c1c[nH]n(C)cc(Cl)nc1C.CC. The zero-order valence-electron chi connectivity index (χ0n) is 21.1. The summed E-state index contributed by atoms with van der Waals surface area (Å²) in [5.41, 5.74) is 2.69. The molecule has 1 unspecified atom stereocenters. The topological polar surface area (TPSA) is 83.8 Å². The Morgan fingerprint density at radius 1 is 1.31 bits per heavy atom. The van der Waals surface area contributed by atoms with Crippen molar-refractivity contribution in [2.45, 2.75) is 65.8 Å². The number of nitrogens with one attached hydrogen (secondary N) is 2. The van der Waals surface area contributed by atoms with Gasteiger partial charge in [0.2, 0.25) is 0 Å². The number of fused-ring (bicyclic) bond motifs is 3. The molecule has 3 aliphatic carbocycles. The van der Waals surface area contributed by atoms with Crippen molar-refractivity contribution < 1.29 is 4.39 Å². The van der Waals surface area contributed by atoms with Gasteiger partial charge in [-0.2, -0.15) is 8.75 Å². The summed E-state index contributed by atoms with van der Waals surface area (Å²) in [7, 11) is 1.81. The predicted molar refractivity (Wildman–Crippen MR) is 143 cm³/mol. The molecule has 0 aliphatic heterocycles. The van der Waals surface area contributed by atoms with Crippen LogP contribution in [0.3, 0.4) is 0 Å². The Labute approximate surface area is 216 Å². The van der Waals surface area contributed by atoms with Crippen molar-refractivity contribution in [3.05, 3.63) is 53.1 Å². The van der Waals surface area contributed by atoms with Gasteiger partial charge in [0.1, 0.15) is 10.8 Å². The summed E-state index contributed by atoms with van der Waals surface area (Å²) < 4.78 is 25.7. The van der Waals surface area contributed by atoms with Crippen molar-refractivity contribution >= 4 is 40.4 Å². The van der Waals surface area contributed by atoms with E-state index >= 15 is 4.39 Å². The molecule has 7 nitrogen and oxygen atoms in total. The highest BCUT2D eigenvalue weighted by atomic mass is 35.5. The fraction of sp³-hybridized carbons (Fsp3) is 0.520. The Bertz CT molecular complexity index is 1120. The first-order valence-corrected chi connectivity index (χ1v) is 13.2. The minimum Gasteiger partial charge on any atom is -0.338 e. The van der Waals surface area contributed by atoms with Crippen molar-refractivity contribution in [2.75, 3.05) is 0 Å². The Morgan fingerprint density at radius 2 is 2.03 bits per heavy atom. The largest absolute Gasteiger partial charge is 0.338 e. The molecular formula is C25H35ClFN7S. The van der Waals surface area contributed by atoms with Crippen LogP contribution in [0, 0.1) is 18.8 Å². The zero-order chi connectivity index (χ0) is 25.5. The summed E-state index contributed by atoms with van der Waals surface area (Å²) in [6.45, 7) is 11.7. The maximum atomic E-state index is 15.8. The van der Waals surface area contributed by atoms with E-state index in [4.69, 9.17) is 16.6 Å². The van der Waals surface area contributed by atoms with E-state index in [1.807, 2.05) is 27.8 Å². The van der Waals surface area contributed by atoms with Crippen molar-refractivity contribution in [3.63, 3.8) is 0 Å². The number of halogens is 2. The summed E-state index contributed by atoms with van der Waals surface area (Å²) in [5.74, 6) is 0.904. The van der Waals surface area contributed by atoms with Crippen LogP contribution < -0.4 is 5.32 Å². The zero-order valence-corrected chi connectivity index (χ0v) is 22.7. The van der Waals surface area contributed by atoms with Gasteiger partial charge in [-0.3, -0.25) is 9.67 Å². The molecule has 2 aromatic heterocycles. The third-order valence-electron chi connectivity index (χ3n) is 6.56. The van der Waals surface area contributed by atoms with Crippen molar-refractivity contribution in [1.82, 2.24) is 28.8 Å². The molecule has 3 fully saturated rings. The van der Waals surface area contributed by atoms with Gasteiger partial charge in [0.15, 0.2) is 11.7 Å². The average molecular weight is 520 g/mol. The summed E-state index contributed by atoms with van der Waals surface area (Å²) in [6.07, 6.45) is 10.8. The third kappa shape index (κ3) is 6.79. The average Bonchev–Trinajstić information content (AvgIpc) is 3.39. The van der Waals surface area contributed by atoms with E-state index in [-0.39, 0.29) is 11.9 Å². The first kappa shape index (κ1) is 27.1. The highest BCUT2D eigenvalue weighted by molar-refractivity contribution is 6.99. The molecule has 5 rings (SSSR count). The Hall–Kier alpha value is -2.52. The summed E-state index contributed by atoms with van der Waals surface area (Å²) in [6, 6.07) is 0.0997. The Kier molecular flexibility index (Phi) is 9.63. The lowest BCUT2D eigenvalue weighted by atomic mass is 9.68. The van der Waals surface area contributed by atoms with Crippen LogP contribution in [0.4, 0.5) is 4.39 Å². The first-order valence-electron chi connectivity index (χ1n) is 12.1. The molecule has 0 saturated heterocycles. The number of rotatable bonds is 5. The molecule has 2 N–H and O–H groups in total. The monoisotopic (exact) mass is 519 g/mol. The number of nitrogens with zero attached hydrogens (tertiary/aromatic N) is 5. The number of allylic oxidation sites excluding steroid dienone is 1. The van der Waals surface area contributed by atoms with Gasteiger partial charge in [0.05, 0.1) is 30.2 Å². The molecule has 2 bridgehead atoms. The minimum absolute atomic E-state index is 0.0997. The van der Waals surface area contributed by atoms with E-state index in [2.05, 4.69) is 30.7 Å². The number of hydrogen-bond acceptors (Lipinski definition) is 5. The van der Waals surface area contributed by atoms with Gasteiger partial charge in [0, 0.05) is 35.8 Å². The Balaban J connectivity index is 0.00000167. The van der Waals surface area contributed by atoms with Crippen LogP contribution in [0.15, 0.2) is 36.0 Å². The lowest BCUT2D eigenvalue weighted by Crippen LogP contribution is -2.36. The van der Waals surface area contributed by atoms with Gasteiger partial charge in [-0.25, -0.2) is 9.37 Å². The normalized spacial score (nSPS) is 22.0. The maximum absolute atomic E-state index is 15.8. The Morgan fingerprint density at radius 3 is 2.63 bits per heavy atom. The fourth-order valence-electron chi connectivity index (χ4n) is 4.66. The molecule has 0 spiro atoms. The number of aromatic amines is 1. The standard InChI is InChI=1S/C23H29ClFN7S.C2H6/c1-13(20-11-27-33-31-20)22(25)23(30-19-9-16-5-7-17(19)8-6-16)29-15(3)18-10-26-32(4)12-21(24)28-14(18)2;1-2/h10-12,16-17,19,26H,3,5-9H2,1-2,4H3,(H,29,30);1-2H3/b18-10?,21-12?,22-13-,28-14?;. The number of aliphatic imine (C=N–C) groups is 1. The van der Waals surface area contributed by atoms with Crippen LogP contribution in [0.5, 0.6) is 0 Å². The summed E-state index contributed by atoms with van der Waals surface area (Å²) in [4.78, 5) is 9.31. The van der Waals surface area contributed by atoms with Gasteiger partial charge >= 0.3 is 0 Å². The van der Waals surface area contributed by atoms with E-state index in [1.54, 1.807) is 30.2 Å². The van der Waals surface area contributed by atoms with E-state index in [0.717, 1.165) is 31.0 Å². The van der Waals surface area contributed by atoms with Crippen LogP contribution in [0.2, 0.25) is 5.15 Å². The minimum atomic E-state index is -0.450. The van der Waals surface area contributed by atoms with E-state index in [1.165, 1.54) is 12.8 Å². The second-order valence-electron chi connectivity index (χ2n) is 8.84. The second-order valence-corrected chi connectivity index (χ2v) is 9.79. The quantitative estimate of drug-likeness (QED) is 0.342. The highest BCUT2D eigenvalue weighted by Crippen LogP contribution is 2.43. The van der Waals surface area contributed by atoms with E-state index in [9.17, 15) is 0 Å². The highest BCUT2D eigenvalue weighted by Gasteiger charge is 2.36. The van der Waals surface area contributed by atoms with Crippen LogP contribution in [-0.2, 0) is 7.05 Å². The molecule has 3 aliphatic rings. The van der Waals surface area contributed by atoms with E-state index < -0.39 is 5.83 Å². The van der Waals surface area contributed by atoms with Crippen LogP contribution >= 0.6 is 23.3 Å². The number of aryl methyl sites for hydroxylation is 2. The molecule has 0 amide bonds. The molecule has 0 radical (unpaired) electrons. The molecule has 1 atom stereocenters. The van der Waals surface area contributed by atoms with Gasteiger partial charge in [-0.05, 0) is 44.9 Å². The lowest BCUT2D eigenvalue weighted by Gasteiger charge is -2.40. The maximum Gasteiger partial charge on any atom is 0.170 e. The number of aromatic nitrogens is 5. The number of H-pyrrole nitrogens is 1.